The number of benzene rings is 2. The van der Waals surface area contributed by atoms with Gasteiger partial charge in [-0.05, 0) is 63.2 Å². The number of carbonyl (C=O) groups excluding carboxylic acids is 3. The van der Waals surface area contributed by atoms with Crippen molar-refractivity contribution in [2.24, 2.45) is 0 Å². The van der Waals surface area contributed by atoms with Crippen molar-refractivity contribution in [2.45, 2.75) is 25.8 Å². The van der Waals surface area contributed by atoms with Gasteiger partial charge in [-0.25, -0.2) is 4.98 Å². The Bertz CT molecular complexity index is 1300. The molecule has 0 aliphatic rings. The molecule has 9 heteroatoms. The fourth-order valence-electron chi connectivity index (χ4n) is 3.24. The van der Waals surface area contributed by atoms with Crippen molar-refractivity contribution in [1.29, 1.82) is 5.26 Å². The molecule has 2 aromatic carbocycles. The second kappa shape index (κ2) is 11.8. The van der Waals surface area contributed by atoms with Crippen LogP contribution < -0.4 is 15.4 Å². The molecule has 2 amide bonds. The molecule has 8 nitrogen and oxygen atoms in total. The minimum Gasteiger partial charge on any atom is -0.494 e. The highest BCUT2D eigenvalue weighted by atomic mass is 32.2. The van der Waals surface area contributed by atoms with E-state index >= 15 is 0 Å². The SMILES string of the molecule is CCOc1ccc(NC(=O)c2ccccc2NC(=O)CSc2nc(C)c(C(C)=O)cc2C#N)cc1. The summed E-state index contributed by atoms with van der Waals surface area (Å²) in [7, 11) is 0. The molecule has 0 aliphatic heterocycles. The van der Waals surface area contributed by atoms with E-state index in [1.54, 1.807) is 55.5 Å². The molecule has 2 N–H and O–H groups in total. The Kier molecular flexibility index (Phi) is 8.59. The second-order valence-electron chi connectivity index (χ2n) is 7.44. The summed E-state index contributed by atoms with van der Waals surface area (Å²) in [6, 6.07) is 17.2. The van der Waals surface area contributed by atoms with Crippen LogP contribution in [0.15, 0.2) is 59.6 Å². The zero-order chi connectivity index (χ0) is 25.4. The number of carbonyl (C=O) groups is 3. The lowest BCUT2D eigenvalue weighted by atomic mass is 10.1. The molecule has 0 saturated carbocycles. The first-order valence-electron chi connectivity index (χ1n) is 10.8. The minimum absolute atomic E-state index is 0.0324. The van der Waals surface area contributed by atoms with Gasteiger partial charge in [-0.15, -0.1) is 0 Å². The number of amides is 2. The van der Waals surface area contributed by atoms with Crippen LogP contribution in [0.25, 0.3) is 0 Å². The molecule has 0 fully saturated rings. The van der Waals surface area contributed by atoms with E-state index in [2.05, 4.69) is 15.6 Å². The summed E-state index contributed by atoms with van der Waals surface area (Å²) >= 11 is 1.09. The van der Waals surface area contributed by atoms with E-state index in [0.717, 1.165) is 11.8 Å². The molecule has 0 radical (unpaired) electrons. The van der Waals surface area contributed by atoms with Crippen molar-refractivity contribution in [1.82, 2.24) is 4.98 Å². The molecular weight excluding hydrogens is 464 g/mol. The molecule has 0 saturated heterocycles. The molecule has 0 spiro atoms. The number of aryl methyl sites for hydroxylation is 1. The van der Waals surface area contributed by atoms with E-state index in [1.165, 1.54) is 13.0 Å². The minimum atomic E-state index is -0.374. The topological polar surface area (TPSA) is 121 Å². The first-order valence-corrected chi connectivity index (χ1v) is 11.8. The number of hydrogen-bond donors (Lipinski definition) is 2. The number of anilines is 2. The van der Waals surface area contributed by atoms with Crippen LogP contribution in [0.1, 0.15) is 45.8 Å². The summed E-state index contributed by atoms with van der Waals surface area (Å²) in [5.41, 5.74) is 2.36. The molecule has 3 aromatic rings. The fourth-order valence-corrected chi connectivity index (χ4v) is 4.04. The van der Waals surface area contributed by atoms with Crippen molar-refractivity contribution < 1.29 is 19.1 Å². The number of thioether (sulfide) groups is 1. The maximum atomic E-state index is 12.8. The van der Waals surface area contributed by atoms with Gasteiger partial charge in [0, 0.05) is 16.9 Å². The van der Waals surface area contributed by atoms with Gasteiger partial charge in [0.15, 0.2) is 5.78 Å². The molecule has 178 valence electrons. The largest absolute Gasteiger partial charge is 0.494 e. The number of ketones is 1. The second-order valence-corrected chi connectivity index (χ2v) is 8.40. The molecule has 3 rings (SSSR count). The highest BCUT2D eigenvalue weighted by Crippen LogP contribution is 2.24. The third kappa shape index (κ3) is 6.68. The molecular formula is C26H24N4O4S. The molecule has 0 unspecified atom stereocenters. The van der Waals surface area contributed by atoms with Crippen molar-refractivity contribution in [2.75, 3.05) is 23.0 Å². The number of hydrogen-bond acceptors (Lipinski definition) is 7. The quantitative estimate of drug-likeness (QED) is 0.326. The lowest BCUT2D eigenvalue weighted by Gasteiger charge is -2.12. The zero-order valence-electron chi connectivity index (χ0n) is 19.5. The van der Waals surface area contributed by atoms with Crippen LogP contribution in [-0.2, 0) is 4.79 Å². The van der Waals surface area contributed by atoms with E-state index in [1.807, 2.05) is 13.0 Å². The molecule has 1 heterocycles. The summed E-state index contributed by atoms with van der Waals surface area (Å²) in [6.07, 6.45) is 0. The summed E-state index contributed by atoms with van der Waals surface area (Å²) in [4.78, 5) is 41.5. The number of ether oxygens (including phenoxy) is 1. The molecule has 0 atom stereocenters. The van der Waals surface area contributed by atoms with Crippen LogP contribution in [0, 0.1) is 18.3 Å². The normalized spacial score (nSPS) is 10.2. The maximum Gasteiger partial charge on any atom is 0.257 e. The van der Waals surface area contributed by atoms with Crippen molar-refractivity contribution in [3.05, 3.63) is 77.0 Å². The van der Waals surface area contributed by atoms with E-state index in [9.17, 15) is 19.6 Å². The van der Waals surface area contributed by atoms with Gasteiger partial charge >= 0.3 is 0 Å². The average Bonchev–Trinajstić information content (AvgIpc) is 2.84. The van der Waals surface area contributed by atoms with E-state index in [0.29, 0.717) is 45.6 Å². The zero-order valence-corrected chi connectivity index (χ0v) is 20.4. The van der Waals surface area contributed by atoms with Crippen LogP contribution in [0.2, 0.25) is 0 Å². The number of rotatable bonds is 9. The van der Waals surface area contributed by atoms with Gasteiger partial charge in [0.25, 0.3) is 5.91 Å². The summed E-state index contributed by atoms with van der Waals surface area (Å²) < 4.78 is 5.41. The Balaban J connectivity index is 1.68. The fraction of sp³-hybridized carbons (Fsp3) is 0.192. The average molecular weight is 489 g/mol. The van der Waals surface area contributed by atoms with Crippen LogP contribution in [0.5, 0.6) is 5.75 Å². The van der Waals surface area contributed by atoms with E-state index < -0.39 is 0 Å². The number of nitriles is 1. The highest BCUT2D eigenvalue weighted by Gasteiger charge is 2.16. The summed E-state index contributed by atoms with van der Waals surface area (Å²) in [5, 5.41) is 15.3. The Hall–Kier alpha value is -4.16. The molecule has 1 aromatic heterocycles. The van der Waals surface area contributed by atoms with Crippen molar-refractivity contribution in [3.8, 4) is 11.8 Å². The Morgan fingerprint density at radius 1 is 1.06 bits per heavy atom. The number of Topliss-reactive ketones (excluding diaryl/α,β-unsaturated/α-hetero) is 1. The van der Waals surface area contributed by atoms with Gasteiger partial charge in [-0.1, -0.05) is 23.9 Å². The van der Waals surface area contributed by atoms with Gasteiger partial charge in [0.1, 0.15) is 16.8 Å². The Morgan fingerprint density at radius 3 is 2.43 bits per heavy atom. The monoisotopic (exact) mass is 488 g/mol. The van der Waals surface area contributed by atoms with Gasteiger partial charge < -0.3 is 15.4 Å². The summed E-state index contributed by atoms with van der Waals surface area (Å²) in [5.74, 6) is -0.247. The van der Waals surface area contributed by atoms with Gasteiger partial charge in [0.2, 0.25) is 5.91 Å². The van der Waals surface area contributed by atoms with Crippen molar-refractivity contribution >= 4 is 40.7 Å². The standard InChI is InChI=1S/C26H24N4O4S/c1-4-34-20-11-9-19(10-12-20)29-25(33)21-7-5-6-8-23(21)30-24(32)15-35-26-18(14-27)13-22(17(3)31)16(2)28-26/h5-13H,4,15H2,1-3H3,(H,29,33)(H,30,32). The number of aromatic nitrogens is 1. The first kappa shape index (κ1) is 25.5. The van der Waals surface area contributed by atoms with E-state index in [4.69, 9.17) is 4.74 Å². The Labute approximate surface area is 207 Å². The molecule has 0 bridgehead atoms. The molecule has 35 heavy (non-hydrogen) atoms. The smallest absolute Gasteiger partial charge is 0.257 e. The summed E-state index contributed by atoms with van der Waals surface area (Å²) in [6.45, 7) is 5.54. The predicted molar refractivity (Wildman–Crippen MR) is 135 cm³/mol. The van der Waals surface area contributed by atoms with Crippen LogP contribution >= 0.6 is 11.8 Å². The predicted octanol–water partition coefficient (Wildman–Crippen LogP) is 4.85. The third-order valence-electron chi connectivity index (χ3n) is 4.89. The number of pyridine rings is 1. The third-order valence-corrected chi connectivity index (χ3v) is 5.88. The first-order chi connectivity index (χ1) is 16.8. The number of nitrogens with zero attached hydrogens (tertiary/aromatic N) is 2. The van der Waals surface area contributed by atoms with Crippen LogP contribution in [0.3, 0.4) is 0 Å². The van der Waals surface area contributed by atoms with Gasteiger partial charge in [0.05, 0.1) is 29.2 Å². The number of para-hydroxylation sites is 1. The van der Waals surface area contributed by atoms with E-state index in [-0.39, 0.29) is 28.9 Å². The van der Waals surface area contributed by atoms with Gasteiger partial charge in [-0.2, -0.15) is 5.26 Å². The van der Waals surface area contributed by atoms with Gasteiger partial charge in [-0.3, -0.25) is 14.4 Å². The van der Waals surface area contributed by atoms with Crippen LogP contribution in [-0.4, -0.2) is 34.9 Å². The lowest BCUT2D eigenvalue weighted by molar-refractivity contribution is -0.113. The van der Waals surface area contributed by atoms with Crippen molar-refractivity contribution in [3.63, 3.8) is 0 Å². The Morgan fingerprint density at radius 2 is 1.77 bits per heavy atom. The number of nitrogens with one attached hydrogen (secondary N) is 2. The highest BCUT2D eigenvalue weighted by molar-refractivity contribution is 8.00. The lowest BCUT2D eigenvalue weighted by Crippen LogP contribution is -2.19. The maximum absolute atomic E-state index is 12.8. The van der Waals surface area contributed by atoms with Crippen LogP contribution in [0.4, 0.5) is 11.4 Å². The molecule has 0 aliphatic carbocycles.